The second-order valence-electron chi connectivity index (χ2n) is 15.3. The number of carbonyl (C=O) groups excluding carboxylic acids is 3. The Balaban J connectivity index is 0.000000347. The van der Waals surface area contributed by atoms with Crippen LogP contribution in [0.3, 0.4) is 0 Å². The number of alkyl halides is 3. The van der Waals surface area contributed by atoms with Crippen molar-refractivity contribution in [3.05, 3.63) is 89.6 Å². The molecule has 0 radical (unpaired) electrons. The normalized spacial score (nSPS) is 19.5. The summed E-state index contributed by atoms with van der Waals surface area (Å²) in [5.74, 6) is 7.38. The topological polar surface area (TPSA) is 432 Å². The number of ether oxygens (including phenoxy) is 2. The molecule has 7 unspecified atom stereocenters. The third kappa shape index (κ3) is 23.9. The highest BCUT2D eigenvalue weighted by Gasteiger charge is 2.42. The molecule has 0 saturated carbocycles. The highest BCUT2D eigenvalue weighted by Crippen LogP contribution is 2.66. The van der Waals surface area contributed by atoms with Gasteiger partial charge in [-0.05, 0) is 48.6 Å². The van der Waals surface area contributed by atoms with Gasteiger partial charge in [-0.25, -0.2) is 32.8 Å². The van der Waals surface area contributed by atoms with Gasteiger partial charge in [-0.1, -0.05) is 40.5 Å². The van der Waals surface area contributed by atoms with Gasteiger partial charge in [-0.2, -0.15) is 21.8 Å². The van der Waals surface area contributed by atoms with Gasteiger partial charge in [-0.15, -0.1) is 0 Å². The molecule has 0 bridgehead atoms. The van der Waals surface area contributed by atoms with E-state index in [0.717, 1.165) is 21.1 Å². The van der Waals surface area contributed by atoms with E-state index in [1.807, 2.05) is 18.2 Å². The van der Waals surface area contributed by atoms with Gasteiger partial charge in [0.15, 0.2) is 0 Å². The van der Waals surface area contributed by atoms with E-state index in [1.54, 1.807) is 11.5 Å². The van der Waals surface area contributed by atoms with E-state index in [-0.39, 0.29) is 62.1 Å². The first kappa shape index (κ1) is 64.5. The Morgan fingerprint density at radius 1 is 0.766 bits per heavy atom. The van der Waals surface area contributed by atoms with Gasteiger partial charge in [0.05, 0.1) is 38.5 Å². The van der Waals surface area contributed by atoms with Gasteiger partial charge in [0.2, 0.25) is 5.91 Å². The van der Waals surface area contributed by atoms with Crippen molar-refractivity contribution in [2.75, 3.05) is 32.1 Å². The minimum Gasteiger partial charge on any atom is -0.371 e. The van der Waals surface area contributed by atoms with Crippen LogP contribution < -0.4 is 33.1 Å². The van der Waals surface area contributed by atoms with E-state index >= 15 is 0 Å². The lowest BCUT2D eigenvalue weighted by molar-refractivity contribution is -0.173. The van der Waals surface area contributed by atoms with E-state index in [1.165, 1.54) is 34.0 Å². The van der Waals surface area contributed by atoms with Gasteiger partial charge in [-0.3, -0.25) is 57.0 Å². The average Bonchev–Trinajstić information content (AvgIpc) is 3.99. The van der Waals surface area contributed by atoms with Crippen molar-refractivity contribution in [1.29, 1.82) is 0 Å². The molecule has 424 valence electrons. The molecule has 30 nitrogen and oxygen atoms in total. The molecule has 5 rings (SSSR count). The quantitative estimate of drug-likeness (QED) is 0.0298. The minimum absolute atomic E-state index is 0.0160. The number of phosphoric acid groups is 4. The number of hydrogen-bond donors (Lipinski definition) is 9. The molecule has 2 saturated heterocycles. The average molecular weight is 1210 g/mol. The zero-order valence-electron chi connectivity index (χ0n) is 39.4. The Kier molecular flexibility index (Phi) is 24.5. The molecule has 0 aromatic carbocycles. The fourth-order valence-corrected chi connectivity index (χ4v) is 11.8. The Morgan fingerprint density at radius 3 is 1.77 bits per heavy atom. The Hall–Kier alpha value is -4.99. The molecule has 2 aliphatic heterocycles. The first-order valence-corrected chi connectivity index (χ1v) is 29.9. The number of aromatic amines is 2. The number of H-pyrrole nitrogens is 2. The summed E-state index contributed by atoms with van der Waals surface area (Å²) in [5.41, 5.74) is -2.88. The number of halogens is 3. The molecule has 39 heteroatoms. The number of rotatable bonds is 22. The molecule has 9 N–H and O–H groups in total. The van der Waals surface area contributed by atoms with Crippen LogP contribution in [0.15, 0.2) is 61.0 Å². The number of hydrogen-bond acceptors (Lipinski definition) is 21. The molecule has 0 aliphatic carbocycles. The molecule has 7 atom stereocenters. The first-order chi connectivity index (χ1) is 35.9. The zero-order chi connectivity index (χ0) is 57.2. The van der Waals surface area contributed by atoms with Crippen molar-refractivity contribution in [2.24, 2.45) is 0 Å². The van der Waals surface area contributed by atoms with Gasteiger partial charge < -0.3 is 44.2 Å². The number of phosphoric ester groups is 2. The van der Waals surface area contributed by atoms with Crippen molar-refractivity contribution in [3.8, 4) is 23.7 Å². The number of amides is 2. The van der Waals surface area contributed by atoms with Crippen molar-refractivity contribution < 1.29 is 102 Å². The number of nitrogens with zero attached hydrogens (tertiary/aromatic N) is 3. The highest BCUT2D eigenvalue weighted by atomic mass is 33.1. The van der Waals surface area contributed by atoms with Crippen LogP contribution in [-0.2, 0) is 77.2 Å². The maximum atomic E-state index is 12.4. The Morgan fingerprint density at radius 2 is 1.29 bits per heavy atom. The number of carbonyl (C=O) groups is 3. The summed E-state index contributed by atoms with van der Waals surface area (Å²) in [7, 11) is -18.2. The highest BCUT2D eigenvalue weighted by molar-refractivity contribution is 8.76. The van der Waals surface area contributed by atoms with Crippen LogP contribution in [0.25, 0.3) is 0 Å². The summed E-state index contributed by atoms with van der Waals surface area (Å²) >= 11 is 0. The fraction of sp³-hybridized carbons (Fsp3) is 0.474. The summed E-state index contributed by atoms with van der Waals surface area (Å²) in [5, 5.41) is 5.05. The van der Waals surface area contributed by atoms with Crippen LogP contribution in [0.4, 0.5) is 13.2 Å². The predicted molar refractivity (Wildman–Crippen MR) is 258 cm³/mol. The molecule has 2 aliphatic rings. The molecular weight excluding hydrogens is 1170 g/mol. The van der Waals surface area contributed by atoms with Gasteiger partial charge >= 0.3 is 60.7 Å². The Bertz CT molecular complexity index is 3160. The summed E-state index contributed by atoms with van der Waals surface area (Å²) in [6.07, 6.45) is -3.37. The third-order valence-electron chi connectivity index (χ3n) is 9.35. The van der Waals surface area contributed by atoms with Crippen LogP contribution in [0.5, 0.6) is 0 Å². The van der Waals surface area contributed by atoms with Crippen LogP contribution in [0.2, 0.25) is 0 Å². The van der Waals surface area contributed by atoms with Crippen molar-refractivity contribution in [2.45, 2.75) is 87.7 Å². The van der Waals surface area contributed by atoms with Crippen molar-refractivity contribution >= 4 is 70.7 Å². The van der Waals surface area contributed by atoms with E-state index in [4.69, 9.17) is 19.3 Å². The van der Waals surface area contributed by atoms with E-state index in [9.17, 15) is 79.7 Å². The van der Waals surface area contributed by atoms with Gasteiger partial charge in [0.25, 0.3) is 11.1 Å². The summed E-state index contributed by atoms with van der Waals surface area (Å²) in [6, 6.07) is 5.56. The summed E-state index contributed by atoms with van der Waals surface area (Å²) in [4.78, 5) is 136. The largest absolute Gasteiger partial charge is 0.529 e. The monoisotopic (exact) mass is 1210 g/mol. The van der Waals surface area contributed by atoms with Gasteiger partial charge in [0, 0.05) is 61.7 Å². The maximum absolute atomic E-state index is 12.4. The van der Waals surface area contributed by atoms with Crippen LogP contribution in [0, 0.1) is 23.7 Å². The maximum Gasteiger partial charge on any atom is 0.529 e. The van der Waals surface area contributed by atoms with E-state index in [2.05, 4.69) is 66.1 Å². The van der Waals surface area contributed by atoms with Crippen LogP contribution in [-0.4, -0.2) is 117 Å². The SMILES string of the molecule is CC(=O)OP(=O)(O)OCC1CCC(n2cc(CC#CCNC(=O)C(F)(F)F)c(=O)[nH]c2=O)O1.O=C(CCSSc1ccccn1)NCC#CCc1cn(C2CCC(COP(=O)(O)OP(=O)(O)OP(=O)(O)O)O2)c(=O)[nH]c1=O. The molecular formula is C38H46F3N7O23P4S2. The second kappa shape index (κ2) is 29.3. The van der Waals surface area contributed by atoms with E-state index < -0.39 is 116 Å². The van der Waals surface area contributed by atoms with Gasteiger partial charge in [0.1, 0.15) is 17.5 Å². The second-order valence-corrected chi connectivity index (χ2v) is 23.5. The zero-order valence-corrected chi connectivity index (χ0v) is 44.6. The van der Waals surface area contributed by atoms with Crippen molar-refractivity contribution in [1.82, 2.24) is 34.7 Å². The lowest BCUT2D eigenvalue weighted by atomic mass is 10.2. The molecule has 3 aromatic rings. The molecule has 3 aromatic heterocycles. The number of nitrogens with one attached hydrogen (secondary N) is 4. The summed E-state index contributed by atoms with van der Waals surface area (Å²) < 4.78 is 116. The van der Waals surface area contributed by atoms with Crippen LogP contribution in [0.1, 0.15) is 62.6 Å². The lowest BCUT2D eigenvalue weighted by Gasteiger charge is -2.19. The molecule has 2 amide bonds. The standard InChI is InChI=1S/C21H27N4O14P3S2.C17H19F3N3O9P/c26-17(9-12-43-44-18-6-2-4-11-23-18)22-10-3-1-5-15-13-25(21(28)24-20(15)27)19-8-7-16(37-19)14-36-41(32,33)39-42(34,35)38-40(29,30)31;1-10(24)32-33(28,29)30-9-12-5-6-13(31-12)23-8-11(14(25)22-16(23)27)4-2-3-7-21-15(26)17(18,19)20/h2,4,6,11,13,16,19H,5,7-10,12,14H2,(H,22,26)(H,32,33)(H,34,35)(H,24,27,28)(H2,29,30,31);8,12-13H,4-7,9H2,1H3,(H,21,26)(H,28,29)(H,22,25,27). The smallest absolute Gasteiger partial charge is 0.371 e. The fourth-order valence-electron chi connectivity index (χ4n) is 6.14. The molecule has 77 heavy (non-hydrogen) atoms. The first-order valence-electron chi connectivity index (χ1n) is 21.6. The number of pyridine rings is 1. The number of aromatic nitrogens is 5. The molecule has 2 fully saturated rings. The Labute approximate surface area is 439 Å². The third-order valence-corrected chi connectivity index (χ3v) is 16.4. The van der Waals surface area contributed by atoms with E-state index in [0.29, 0.717) is 12.2 Å². The lowest BCUT2D eigenvalue weighted by Crippen LogP contribution is -2.36. The van der Waals surface area contributed by atoms with Crippen molar-refractivity contribution in [3.63, 3.8) is 0 Å². The predicted octanol–water partition coefficient (Wildman–Crippen LogP) is 1.56. The van der Waals surface area contributed by atoms with Crippen LogP contribution >= 0.6 is 52.9 Å². The summed E-state index contributed by atoms with van der Waals surface area (Å²) in [6.45, 7) is -0.692. The molecule has 0 spiro atoms. The molecule has 5 heterocycles. The minimum atomic E-state index is -5.67.